The molecule has 0 aliphatic carbocycles. The second kappa shape index (κ2) is 6.55. The van der Waals surface area contributed by atoms with Gasteiger partial charge in [0.1, 0.15) is 11.7 Å². The minimum atomic E-state index is -0.937. The molecular formula is C15H17FN2O3. The zero-order valence-corrected chi connectivity index (χ0v) is 11.8. The van der Waals surface area contributed by atoms with E-state index < -0.39 is 23.7 Å². The maximum Gasteiger partial charge on any atom is 0.311 e. The number of benzene rings is 1. The molecule has 1 heterocycles. The molecule has 2 atom stereocenters. The summed E-state index contributed by atoms with van der Waals surface area (Å²) < 4.78 is 19.5. The molecule has 0 spiro atoms. The van der Waals surface area contributed by atoms with Crippen molar-refractivity contribution in [3.63, 3.8) is 0 Å². The summed E-state index contributed by atoms with van der Waals surface area (Å²) in [5.41, 5.74) is 0.558. The molecule has 0 aromatic heterocycles. The number of nitriles is 1. The second-order valence-corrected chi connectivity index (χ2v) is 5.02. The van der Waals surface area contributed by atoms with E-state index in [4.69, 9.17) is 10.00 Å². The van der Waals surface area contributed by atoms with E-state index in [1.165, 1.54) is 18.2 Å². The van der Waals surface area contributed by atoms with E-state index in [2.05, 4.69) is 0 Å². The lowest BCUT2D eigenvalue weighted by molar-refractivity contribution is -0.142. The lowest BCUT2D eigenvalue weighted by Crippen LogP contribution is -2.44. The largest absolute Gasteiger partial charge is 0.481 e. The van der Waals surface area contributed by atoms with Crippen LogP contribution in [0.5, 0.6) is 0 Å². The Labute approximate surface area is 122 Å². The summed E-state index contributed by atoms with van der Waals surface area (Å²) in [6.45, 7) is 2.87. The minimum absolute atomic E-state index is 0.137. The molecule has 6 heteroatoms. The SMILES string of the molecule is CCCN(c1ccc(C#N)cc1F)C1COCC1C(=O)O. The molecule has 1 aliphatic heterocycles. The molecule has 5 nitrogen and oxygen atoms in total. The first-order chi connectivity index (χ1) is 10.1. The zero-order valence-electron chi connectivity index (χ0n) is 11.8. The maximum absolute atomic E-state index is 14.2. The Hall–Kier alpha value is -2.13. The highest BCUT2D eigenvalue weighted by atomic mass is 19.1. The number of carbonyl (C=O) groups is 1. The standard InChI is InChI=1S/C15H17FN2O3/c1-2-5-18(14-9-21-8-11(14)15(19)20)13-4-3-10(7-17)6-12(13)16/h3-4,6,11,14H,2,5,8-9H2,1H3,(H,19,20). The van der Waals surface area contributed by atoms with Crippen molar-refractivity contribution in [3.8, 4) is 6.07 Å². The topological polar surface area (TPSA) is 73.6 Å². The molecule has 0 amide bonds. The van der Waals surface area contributed by atoms with E-state index in [1.807, 2.05) is 13.0 Å². The maximum atomic E-state index is 14.2. The molecule has 0 radical (unpaired) electrons. The average Bonchev–Trinajstić information content (AvgIpc) is 2.94. The molecule has 1 saturated heterocycles. The van der Waals surface area contributed by atoms with E-state index in [1.54, 1.807) is 4.90 Å². The molecular weight excluding hydrogens is 275 g/mol. The van der Waals surface area contributed by atoms with Crippen molar-refractivity contribution < 1.29 is 19.0 Å². The lowest BCUT2D eigenvalue weighted by Gasteiger charge is -2.32. The Balaban J connectivity index is 2.35. The van der Waals surface area contributed by atoms with Gasteiger partial charge in [-0.3, -0.25) is 4.79 Å². The van der Waals surface area contributed by atoms with Gasteiger partial charge in [-0.1, -0.05) is 6.92 Å². The predicted octanol–water partition coefficient (Wildman–Crippen LogP) is 2.01. The number of carboxylic acid groups (broad SMARTS) is 1. The van der Waals surface area contributed by atoms with E-state index in [0.717, 1.165) is 6.42 Å². The molecule has 112 valence electrons. The third-order valence-corrected chi connectivity index (χ3v) is 3.62. The van der Waals surface area contributed by atoms with Gasteiger partial charge >= 0.3 is 5.97 Å². The summed E-state index contributed by atoms with van der Waals surface area (Å²) >= 11 is 0. The Morgan fingerprint density at radius 2 is 2.33 bits per heavy atom. The van der Waals surface area contributed by atoms with Gasteiger partial charge in [-0.05, 0) is 24.6 Å². The first-order valence-electron chi connectivity index (χ1n) is 6.85. The van der Waals surface area contributed by atoms with Crippen LogP contribution in [-0.2, 0) is 9.53 Å². The van der Waals surface area contributed by atoms with Crippen molar-refractivity contribution in [2.45, 2.75) is 19.4 Å². The van der Waals surface area contributed by atoms with Crippen LogP contribution in [0.1, 0.15) is 18.9 Å². The summed E-state index contributed by atoms with van der Waals surface area (Å²) in [7, 11) is 0. The first kappa shape index (κ1) is 15.3. The van der Waals surface area contributed by atoms with Crippen molar-refractivity contribution >= 4 is 11.7 Å². The van der Waals surface area contributed by atoms with Crippen molar-refractivity contribution in [2.75, 3.05) is 24.7 Å². The first-order valence-corrected chi connectivity index (χ1v) is 6.85. The van der Waals surface area contributed by atoms with Gasteiger partial charge in [0.05, 0.1) is 36.6 Å². The summed E-state index contributed by atoms with van der Waals surface area (Å²) in [6.07, 6.45) is 0.752. The van der Waals surface area contributed by atoms with Gasteiger partial charge in [-0.2, -0.15) is 5.26 Å². The highest BCUT2D eigenvalue weighted by molar-refractivity contribution is 5.72. The number of ether oxygens (including phenoxy) is 1. The second-order valence-electron chi connectivity index (χ2n) is 5.02. The monoisotopic (exact) mass is 292 g/mol. The molecule has 1 N–H and O–H groups in total. The van der Waals surface area contributed by atoms with Crippen LogP contribution in [0.2, 0.25) is 0 Å². The van der Waals surface area contributed by atoms with E-state index in [0.29, 0.717) is 12.2 Å². The Morgan fingerprint density at radius 1 is 1.57 bits per heavy atom. The van der Waals surface area contributed by atoms with E-state index in [-0.39, 0.29) is 18.8 Å². The van der Waals surface area contributed by atoms with Crippen LogP contribution in [0.3, 0.4) is 0 Å². The van der Waals surface area contributed by atoms with Crippen molar-refractivity contribution in [1.29, 1.82) is 5.26 Å². The number of halogens is 1. The molecule has 1 fully saturated rings. The van der Waals surface area contributed by atoms with Crippen LogP contribution >= 0.6 is 0 Å². The summed E-state index contributed by atoms with van der Waals surface area (Å²) in [5, 5.41) is 18.0. The van der Waals surface area contributed by atoms with Crippen molar-refractivity contribution in [2.24, 2.45) is 5.92 Å². The number of carboxylic acids is 1. The molecule has 1 aliphatic rings. The highest BCUT2D eigenvalue weighted by Gasteiger charge is 2.38. The van der Waals surface area contributed by atoms with Crippen LogP contribution < -0.4 is 4.90 Å². The van der Waals surface area contributed by atoms with Gasteiger partial charge in [0.25, 0.3) is 0 Å². The molecule has 2 rings (SSSR count). The number of anilines is 1. The minimum Gasteiger partial charge on any atom is -0.481 e. The van der Waals surface area contributed by atoms with E-state index >= 15 is 0 Å². The lowest BCUT2D eigenvalue weighted by atomic mass is 10.0. The Bertz CT molecular complexity index is 571. The van der Waals surface area contributed by atoms with Crippen LogP contribution in [0.4, 0.5) is 10.1 Å². The zero-order chi connectivity index (χ0) is 15.4. The molecule has 1 aromatic rings. The molecule has 1 aromatic carbocycles. The molecule has 0 saturated carbocycles. The van der Waals surface area contributed by atoms with E-state index in [9.17, 15) is 14.3 Å². The van der Waals surface area contributed by atoms with Crippen LogP contribution in [0, 0.1) is 23.1 Å². The third-order valence-electron chi connectivity index (χ3n) is 3.62. The van der Waals surface area contributed by atoms with Gasteiger partial charge < -0.3 is 14.7 Å². The summed E-state index contributed by atoms with van der Waals surface area (Å²) in [6, 6.07) is 5.72. The van der Waals surface area contributed by atoms with Crippen LogP contribution in [-0.4, -0.2) is 36.9 Å². The van der Waals surface area contributed by atoms with Gasteiger partial charge in [0.2, 0.25) is 0 Å². The molecule has 0 bridgehead atoms. The average molecular weight is 292 g/mol. The van der Waals surface area contributed by atoms with Crippen LogP contribution in [0.15, 0.2) is 18.2 Å². The molecule has 2 unspecified atom stereocenters. The number of hydrogen-bond donors (Lipinski definition) is 1. The highest BCUT2D eigenvalue weighted by Crippen LogP contribution is 2.28. The fraction of sp³-hybridized carbons (Fsp3) is 0.467. The van der Waals surface area contributed by atoms with Gasteiger partial charge in [0, 0.05) is 6.54 Å². The third kappa shape index (κ3) is 3.14. The Kier molecular flexibility index (Phi) is 4.76. The number of rotatable bonds is 5. The number of nitrogens with zero attached hydrogens (tertiary/aromatic N) is 2. The van der Waals surface area contributed by atoms with Gasteiger partial charge in [-0.25, -0.2) is 4.39 Å². The van der Waals surface area contributed by atoms with Crippen molar-refractivity contribution in [1.82, 2.24) is 0 Å². The number of hydrogen-bond acceptors (Lipinski definition) is 4. The van der Waals surface area contributed by atoms with Crippen LogP contribution in [0.25, 0.3) is 0 Å². The quantitative estimate of drug-likeness (QED) is 0.898. The summed E-state index contributed by atoms with van der Waals surface area (Å²) in [4.78, 5) is 13.0. The fourth-order valence-corrected chi connectivity index (χ4v) is 2.60. The predicted molar refractivity (Wildman–Crippen MR) is 74.5 cm³/mol. The smallest absolute Gasteiger partial charge is 0.311 e. The van der Waals surface area contributed by atoms with Gasteiger partial charge in [0.15, 0.2) is 0 Å². The Morgan fingerprint density at radius 3 is 2.90 bits per heavy atom. The number of aliphatic carboxylic acids is 1. The van der Waals surface area contributed by atoms with Crippen molar-refractivity contribution in [3.05, 3.63) is 29.6 Å². The molecule has 21 heavy (non-hydrogen) atoms. The fourth-order valence-electron chi connectivity index (χ4n) is 2.60. The normalized spacial score (nSPS) is 21.0. The van der Waals surface area contributed by atoms with Gasteiger partial charge in [-0.15, -0.1) is 0 Å². The summed E-state index contributed by atoms with van der Waals surface area (Å²) in [5.74, 6) is -2.13.